The summed E-state index contributed by atoms with van der Waals surface area (Å²) in [6.45, 7) is 0. The molecule has 0 unspecified atom stereocenters. The maximum atomic E-state index is 10.8. The number of aliphatic hydroxyl groups is 2. The molecule has 3 saturated carbocycles. The molecule has 4 heteroatoms. The van der Waals surface area contributed by atoms with Crippen LogP contribution >= 0.6 is 0 Å². The Kier molecular flexibility index (Phi) is 6.34. The SMILES string of the molecule is NC(=O)CCCC=C1C[C@H]2C[C@@H](O)[C@H](C=C[C@@H](O)C3CCCC3)[C@H]2C1. The summed E-state index contributed by atoms with van der Waals surface area (Å²) in [6.07, 6.45) is 15.7. The maximum absolute atomic E-state index is 10.8. The Hall–Kier alpha value is -1.13. The number of nitrogens with two attached hydrogens (primary N) is 1. The van der Waals surface area contributed by atoms with Crippen molar-refractivity contribution in [3.63, 3.8) is 0 Å². The number of fused-ring (bicyclic) bond motifs is 1. The Morgan fingerprint density at radius 1 is 1.28 bits per heavy atom. The molecule has 0 aromatic rings. The van der Waals surface area contributed by atoms with Crippen LogP contribution in [0.4, 0.5) is 0 Å². The molecule has 0 aromatic heterocycles. The summed E-state index contributed by atoms with van der Waals surface area (Å²) in [5.41, 5.74) is 6.66. The summed E-state index contributed by atoms with van der Waals surface area (Å²) in [4.78, 5) is 10.8. The molecule has 0 radical (unpaired) electrons. The third-order valence-corrected chi connectivity index (χ3v) is 6.58. The lowest BCUT2D eigenvalue weighted by molar-refractivity contribution is -0.118. The second-order valence-corrected chi connectivity index (χ2v) is 8.35. The Balaban J connectivity index is 1.53. The molecule has 3 rings (SSSR count). The summed E-state index contributed by atoms with van der Waals surface area (Å²) in [5.74, 6) is 1.43. The van der Waals surface area contributed by atoms with Crippen molar-refractivity contribution < 1.29 is 15.0 Å². The van der Waals surface area contributed by atoms with E-state index in [1.165, 1.54) is 18.4 Å². The highest BCUT2D eigenvalue weighted by atomic mass is 16.3. The minimum Gasteiger partial charge on any atom is -0.392 e. The number of allylic oxidation sites excluding steroid dienone is 2. The quantitative estimate of drug-likeness (QED) is 0.489. The normalized spacial score (nSPS) is 35.7. The van der Waals surface area contributed by atoms with Gasteiger partial charge >= 0.3 is 0 Å². The molecule has 4 N–H and O–H groups in total. The standard InChI is InChI=1S/C21H33NO3/c22-21(25)8-4-1-5-14-11-16-13-20(24)17(18(16)12-14)9-10-19(23)15-6-2-3-7-15/h5,9-10,15-20,23-24H,1-4,6-8,11-13H2,(H2,22,25)/t16-,17+,18-,19+,20+/m0/s1. The van der Waals surface area contributed by atoms with Gasteiger partial charge in [-0.3, -0.25) is 4.79 Å². The highest BCUT2D eigenvalue weighted by Crippen LogP contribution is 2.50. The van der Waals surface area contributed by atoms with E-state index in [9.17, 15) is 15.0 Å². The summed E-state index contributed by atoms with van der Waals surface area (Å²) < 4.78 is 0. The Morgan fingerprint density at radius 3 is 2.76 bits per heavy atom. The van der Waals surface area contributed by atoms with E-state index in [-0.39, 0.29) is 24.0 Å². The topological polar surface area (TPSA) is 83.6 Å². The number of carbonyl (C=O) groups is 1. The van der Waals surface area contributed by atoms with E-state index in [0.717, 1.165) is 44.9 Å². The van der Waals surface area contributed by atoms with Gasteiger partial charge in [0.15, 0.2) is 0 Å². The van der Waals surface area contributed by atoms with E-state index >= 15 is 0 Å². The molecule has 4 nitrogen and oxygen atoms in total. The Bertz CT molecular complexity index is 521. The predicted molar refractivity (Wildman–Crippen MR) is 98.6 cm³/mol. The van der Waals surface area contributed by atoms with Crippen LogP contribution in [0.1, 0.15) is 64.2 Å². The second kappa shape index (κ2) is 8.50. The number of hydrogen-bond donors (Lipinski definition) is 3. The molecule has 0 bridgehead atoms. The average molecular weight is 347 g/mol. The van der Waals surface area contributed by atoms with Crippen molar-refractivity contribution in [3.05, 3.63) is 23.8 Å². The van der Waals surface area contributed by atoms with Gasteiger partial charge in [0.05, 0.1) is 12.2 Å². The number of unbranched alkanes of at least 4 members (excludes halogenated alkanes) is 1. The van der Waals surface area contributed by atoms with Crippen LogP contribution in [0, 0.1) is 23.7 Å². The fourth-order valence-electron chi connectivity index (χ4n) is 5.22. The zero-order valence-corrected chi connectivity index (χ0v) is 15.1. The third-order valence-electron chi connectivity index (χ3n) is 6.58. The van der Waals surface area contributed by atoms with Gasteiger partial charge in [-0.2, -0.15) is 0 Å². The number of amides is 1. The van der Waals surface area contributed by atoms with Crippen molar-refractivity contribution in [1.82, 2.24) is 0 Å². The average Bonchev–Trinajstić information content (AvgIpc) is 3.26. The molecular formula is C21H33NO3. The van der Waals surface area contributed by atoms with Crippen molar-refractivity contribution >= 4 is 5.91 Å². The number of aliphatic hydroxyl groups excluding tert-OH is 2. The molecule has 5 atom stereocenters. The molecule has 0 aliphatic heterocycles. The van der Waals surface area contributed by atoms with E-state index in [1.807, 2.05) is 6.08 Å². The summed E-state index contributed by atoms with van der Waals surface area (Å²) in [6, 6.07) is 0. The van der Waals surface area contributed by atoms with Gasteiger partial charge in [-0.15, -0.1) is 0 Å². The maximum Gasteiger partial charge on any atom is 0.217 e. The summed E-state index contributed by atoms with van der Waals surface area (Å²) in [7, 11) is 0. The smallest absolute Gasteiger partial charge is 0.217 e. The van der Waals surface area contributed by atoms with Crippen LogP contribution in [0.2, 0.25) is 0 Å². The van der Waals surface area contributed by atoms with Gasteiger partial charge in [0.1, 0.15) is 0 Å². The number of carbonyl (C=O) groups excluding carboxylic acids is 1. The molecule has 0 aromatic carbocycles. The fraction of sp³-hybridized carbons (Fsp3) is 0.762. The number of primary amides is 1. The summed E-state index contributed by atoms with van der Waals surface area (Å²) in [5, 5.41) is 20.8. The molecule has 0 heterocycles. The molecule has 3 aliphatic carbocycles. The van der Waals surface area contributed by atoms with Crippen LogP contribution in [0.15, 0.2) is 23.8 Å². The Morgan fingerprint density at radius 2 is 2.04 bits per heavy atom. The first kappa shape index (κ1) is 18.7. The zero-order valence-electron chi connectivity index (χ0n) is 15.1. The molecule has 25 heavy (non-hydrogen) atoms. The molecule has 3 aliphatic rings. The molecule has 0 saturated heterocycles. The highest BCUT2D eigenvalue weighted by molar-refractivity contribution is 5.73. The van der Waals surface area contributed by atoms with E-state index in [1.54, 1.807) is 0 Å². The van der Waals surface area contributed by atoms with Crippen LogP contribution < -0.4 is 5.73 Å². The predicted octanol–water partition coefficient (Wildman–Crippen LogP) is 3.08. The van der Waals surface area contributed by atoms with Gasteiger partial charge in [-0.1, -0.05) is 36.6 Å². The molecular weight excluding hydrogens is 314 g/mol. The number of rotatable bonds is 7. The fourth-order valence-corrected chi connectivity index (χ4v) is 5.22. The van der Waals surface area contributed by atoms with Gasteiger partial charge in [0.25, 0.3) is 0 Å². The molecule has 1 amide bonds. The van der Waals surface area contributed by atoms with Gasteiger partial charge in [0.2, 0.25) is 5.91 Å². The van der Waals surface area contributed by atoms with Gasteiger partial charge in [0, 0.05) is 12.3 Å². The van der Waals surface area contributed by atoms with Crippen LogP contribution in [0.25, 0.3) is 0 Å². The minimum atomic E-state index is -0.348. The van der Waals surface area contributed by atoms with Crippen LogP contribution in [0.3, 0.4) is 0 Å². The summed E-state index contributed by atoms with van der Waals surface area (Å²) >= 11 is 0. The van der Waals surface area contributed by atoms with Gasteiger partial charge in [-0.05, 0) is 62.7 Å². The lowest BCUT2D eigenvalue weighted by Gasteiger charge is -2.19. The lowest BCUT2D eigenvalue weighted by atomic mass is 9.89. The lowest BCUT2D eigenvalue weighted by Crippen LogP contribution is -2.19. The minimum absolute atomic E-state index is 0.178. The molecule has 140 valence electrons. The monoisotopic (exact) mass is 347 g/mol. The van der Waals surface area contributed by atoms with E-state index < -0.39 is 0 Å². The van der Waals surface area contributed by atoms with Crippen molar-refractivity contribution in [3.8, 4) is 0 Å². The first-order valence-electron chi connectivity index (χ1n) is 10.0. The molecule has 3 fully saturated rings. The number of hydrogen-bond acceptors (Lipinski definition) is 3. The van der Waals surface area contributed by atoms with Crippen LogP contribution in [-0.4, -0.2) is 28.3 Å². The molecule has 0 spiro atoms. The van der Waals surface area contributed by atoms with Crippen molar-refractivity contribution in [2.24, 2.45) is 29.4 Å². The highest BCUT2D eigenvalue weighted by Gasteiger charge is 2.45. The van der Waals surface area contributed by atoms with E-state index in [4.69, 9.17) is 5.73 Å². The van der Waals surface area contributed by atoms with Crippen LogP contribution in [-0.2, 0) is 4.79 Å². The Labute approximate surface area is 151 Å². The first-order chi connectivity index (χ1) is 12.0. The van der Waals surface area contributed by atoms with Gasteiger partial charge < -0.3 is 15.9 Å². The van der Waals surface area contributed by atoms with Crippen molar-refractivity contribution in [1.29, 1.82) is 0 Å². The first-order valence-corrected chi connectivity index (χ1v) is 10.0. The van der Waals surface area contributed by atoms with Crippen LogP contribution in [0.5, 0.6) is 0 Å². The second-order valence-electron chi connectivity index (χ2n) is 8.35. The van der Waals surface area contributed by atoms with Crippen molar-refractivity contribution in [2.45, 2.75) is 76.4 Å². The van der Waals surface area contributed by atoms with Gasteiger partial charge in [-0.25, -0.2) is 0 Å². The van der Waals surface area contributed by atoms with E-state index in [0.29, 0.717) is 24.2 Å². The zero-order chi connectivity index (χ0) is 17.8. The largest absolute Gasteiger partial charge is 0.392 e. The van der Waals surface area contributed by atoms with Crippen molar-refractivity contribution in [2.75, 3.05) is 0 Å². The third kappa shape index (κ3) is 4.73. The van der Waals surface area contributed by atoms with E-state index in [2.05, 4.69) is 12.2 Å².